The molecule has 1 aromatic carbocycles. The molecule has 0 spiro atoms. The van der Waals surface area contributed by atoms with E-state index in [9.17, 15) is 0 Å². The van der Waals surface area contributed by atoms with E-state index in [4.69, 9.17) is 0 Å². The van der Waals surface area contributed by atoms with Crippen LogP contribution in [0.3, 0.4) is 0 Å². The van der Waals surface area contributed by atoms with Gasteiger partial charge in [-0.2, -0.15) is 0 Å². The number of rotatable bonds is 4. The maximum Gasteiger partial charge on any atom is 0.115 e. The number of imidazole rings is 1. The second kappa shape index (κ2) is 5.52. The molecule has 2 heterocycles. The van der Waals surface area contributed by atoms with Gasteiger partial charge in [-0.15, -0.1) is 0 Å². The Hall–Kier alpha value is -2.69. The zero-order chi connectivity index (χ0) is 13.8. The number of hydrogen-bond acceptors (Lipinski definition) is 4. The number of benzene rings is 1. The van der Waals surface area contributed by atoms with E-state index in [1.807, 2.05) is 31.3 Å². The van der Waals surface area contributed by atoms with Crippen molar-refractivity contribution in [3.63, 3.8) is 0 Å². The molecule has 1 N–H and O–H groups in total. The number of aromatic nitrogens is 4. The summed E-state index contributed by atoms with van der Waals surface area (Å²) in [6, 6.07) is 10.2. The van der Waals surface area contributed by atoms with Gasteiger partial charge in [0, 0.05) is 5.69 Å². The summed E-state index contributed by atoms with van der Waals surface area (Å²) in [5.41, 5.74) is 3.10. The van der Waals surface area contributed by atoms with Gasteiger partial charge in [0.05, 0.1) is 36.5 Å². The molecule has 0 radical (unpaired) electrons. The van der Waals surface area contributed by atoms with Crippen molar-refractivity contribution in [2.75, 3.05) is 5.32 Å². The van der Waals surface area contributed by atoms with Gasteiger partial charge in [0.15, 0.2) is 0 Å². The molecule has 20 heavy (non-hydrogen) atoms. The summed E-state index contributed by atoms with van der Waals surface area (Å²) in [6.45, 7) is 2.67. The van der Waals surface area contributed by atoms with Crippen molar-refractivity contribution in [3.05, 3.63) is 66.8 Å². The molecule has 0 aliphatic heterocycles. The average Bonchev–Trinajstić information content (AvgIpc) is 2.88. The zero-order valence-electron chi connectivity index (χ0n) is 11.2. The van der Waals surface area contributed by atoms with Crippen LogP contribution in [0.15, 0.2) is 55.2 Å². The molecule has 0 bridgehead atoms. The number of nitrogens with one attached hydrogen (secondary N) is 1. The van der Waals surface area contributed by atoms with Crippen molar-refractivity contribution in [1.29, 1.82) is 0 Å². The lowest BCUT2D eigenvalue weighted by Gasteiger charge is -2.11. The highest BCUT2D eigenvalue weighted by molar-refractivity contribution is 5.40. The van der Waals surface area contributed by atoms with Crippen LogP contribution < -0.4 is 5.32 Å². The van der Waals surface area contributed by atoms with Gasteiger partial charge >= 0.3 is 0 Å². The number of aryl methyl sites for hydroxylation is 1. The fraction of sp³-hybridized carbons (Fsp3) is 0.133. The van der Waals surface area contributed by atoms with Crippen LogP contribution in [-0.4, -0.2) is 19.5 Å². The largest absolute Gasteiger partial charge is 0.377 e. The first-order valence-corrected chi connectivity index (χ1v) is 6.42. The van der Waals surface area contributed by atoms with Gasteiger partial charge in [-0.3, -0.25) is 4.57 Å². The second-order valence-electron chi connectivity index (χ2n) is 4.45. The van der Waals surface area contributed by atoms with E-state index in [1.165, 1.54) is 6.33 Å². The molecule has 0 saturated carbocycles. The van der Waals surface area contributed by atoms with Crippen molar-refractivity contribution in [3.8, 4) is 5.69 Å². The summed E-state index contributed by atoms with van der Waals surface area (Å²) in [7, 11) is 0. The lowest BCUT2D eigenvalue weighted by Crippen LogP contribution is -2.07. The lowest BCUT2D eigenvalue weighted by atomic mass is 10.3. The minimum absolute atomic E-state index is 0.670. The van der Waals surface area contributed by atoms with Crippen molar-refractivity contribution in [1.82, 2.24) is 19.5 Å². The maximum absolute atomic E-state index is 4.40. The Balaban J connectivity index is 1.85. The van der Waals surface area contributed by atoms with Crippen LogP contribution >= 0.6 is 0 Å². The molecule has 5 heteroatoms. The summed E-state index contributed by atoms with van der Waals surface area (Å²) in [6.07, 6.45) is 6.91. The molecule has 100 valence electrons. The third-order valence-corrected chi connectivity index (χ3v) is 3.06. The van der Waals surface area contributed by atoms with Gasteiger partial charge in [-0.1, -0.05) is 18.2 Å². The molecule has 2 aromatic heterocycles. The van der Waals surface area contributed by atoms with Crippen LogP contribution in [0, 0.1) is 6.92 Å². The van der Waals surface area contributed by atoms with Crippen LogP contribution in [0.1, 0.15) is 11.5 Å². The number of para-hydroxylation sites is 1. The molecule has 0 atom stereocenters. The van der Waals surface area contributed by atoms with E-state index < -0.39 is 0 Å². The van der Waals surface area contributed by atoms with Gasteiger partial charge in [0.25, 0.3) is 0 Å². The highest BCUT2D eigenvalue weighted by Crippen LogP contribution is 2.15. The Bertz CT molecular complexity index is 676. The van der Waals surface area contributed by atoms with E-state index >= 15 is 0 Å². The van der Waals surface area contributed by atoms with Gasteiger partial charge in [0.1, 0.15) is 12.2 Å². The molecule has 0 fully saturated rings. The van der Waals surface area contributed by atoms with E-state index in [0.717, 1.165) is 22.9 Å². The minimum Gasteiger partial charge on any atom is -0.377 e. The van der Waals surface area contributed by atoms with Crippen LogP contribution in [0.5, 0.6) is 0 Å². The summed E-state index contributed by atoms with van der Waals surface area (Å²) in [5, 5.41) is 3.30. The molecule has 5 nitrogen and oxygen atoms in total. The normalized spacial score (nSPS) is 10.4. The van der Waals surface area contributed by atoms with E-state index in [0.29, 0.717) is 6.54 Å². The monoisotopic (exact) mass is 265 g/mol. The molecule has 3 aromatic rings. The first-order valence-electron chi connectivity index (χ1n) is 6.42. The lowest BCUT2D eigenvalue weighted by molar-refractivity contribution is 0.898. The van der Waals surface area contributed by atoms with E-state index in [2.05, 4.69) is 37.0 Å². The number of hydrogen-bond donors (Lipinski definition) is 1. The van der Waals surface area contributed by atoms with E-state index in [-0.39, 0.29) is 0 Å². The quantitative estimate of drug-likeness (QED) is 0.787. The van der Waals surface area contributed by atoms with Crippen LogP contribution in [0.4, 0.5) is 5.69 Å². The van der Waals surface area contributed by atoms with Crippen LogP contribution in [0.2, 0.25) is 0 Å². The standard InChI is InChI=1S/C15H15N5/c1-12-18-9-15(10-19-13-7-16-11-17-8-13)20(12)14-5-3-2-4-6-14/h2-9,11,19H,10H2,1H3. The van der Waals surface area contributed by atoms with Gasteiger partial charge in [-0.05, 0) is 19.1 Å². The Kier molecular flexibility index (Phi) is 3.41. The Morgan fingerprint density at radius 1 is 1.05 bits per heavy atom. The van der Waals surface area contributed by atoms with Crippen molar-refractivity contribution in [2.24, 2.45) is 0 Å². The third-order valence-electron chi connectivity index (χ3n) is 3.06. The Morgan fingerprint density at radius 2 is 1.80 bits per heavy atom. The van der Waals surface area contributed by atoms with Gasteiger partial charge in [-0.25, -0.2) is 15.0 Å². The van der Waals surface area contributed by atoms with Crippen LogP contribution in [-0.2, 0) is 6.54 Å². The SMILES string of the molecule is Cc1ncc(CNc2cncnc2)n1-c1ccccc1. The average molecular weight is 265 g/mol. The highest BCUT2D eigenvalue weighted by Gasteiger charge is 2.08. The molecule has 0 aliphatic rings. The van der Waals surface area contributed by atoms with E-state index in [1.54, 1.807) is 12.4 Å². The summed E-state index contributed by atoms with van der Waals surface area (Å²) in [4.78, 5) is 12.4. The van der Waals surface area contributed by atoms with Crippen molar-refractivity contribution >= 4 is 5.69 Å². The molecular formula is C15H15N5. The molecule has 3 rings (SSSR count). The summed E-state index contributed by atoms with van der Waals surface area (Å²) in [5.74, 6) is 0.970. The minimum atomic E-state index is 0.670. The number of nitrogens with zero attached hydrogens (tertiary/aromatic N) is 4. The Labute approximate surface area is 117 Å². The fourth-order valence-corrected chi connectivity index (χ4v) is 2.13. The van der Waals surface area contributed by atoms with Crippen molar-refractivity contribution < 1.29 is 0 Å². The molecule has 0 saturated heterocycles. The predicted molar refractivity (Wildman–Crippen MR) is 77.7 cm³/mol. The van der Waals surface area contributed by atoms with Gasteiger partial charge in [0.2, 0.25) is 0 Å². The first-order chi connectivity index (χ1) is 9.84. The molecule has 0 unspecified atom stereocenters. The van der Waals surface area contributed by atoms with Crippen molar-refractivity contribution in [2.45, 2.75) is 13.5 Å². The third kappa shape index (κ3) is 2.51. The second-order valence-corrected chi connectivity index (χ2v) is 4.45. The highest BCUT2D eigenvalue weighted by atomic mass is 15.1. The molecular weight excluding hydrogens is 250 g/mol. The topological polar surface area (TPSA) is 55.6 Å². The molecule has 0 aliphatic carbocycles. The summed E-state index contributed by atoms with van der Waals surface area (Å²) >= 11 is 0. The maximum atomic E-state index is 4.40. The molecule has 0 amide bonds. The summed E-state index contributed by atoms with van der Waals surface area (Å²) < 4.78 is 2.14. The smallest absolute Gasteiger partial charge is 0.115 e. The predicted octanol–water partition coefficient (Wildman–Crippen LogP) is 2.58. The van der Waals surface area contributed by atoms with Gasteiger partial charge < -0.3 is 5.32 Å². The van der Waals surface area contributed by atoms with Crippen LogP contribution in [0.25, 0.3) is 5.69 Å². The zero-order valence-corrected chi connectivity index (χ0v) is 11.2. The first kappa shape index (κ1) is 12.3. The fourth-order valence-electron chi connectivity index (χ4n) is 2.13. The number of anilines is 1. The Morgan fingerprint density at radius 3 is 2.55 bits per heavy atom.